The highest BCUT2D eigenvalue weighted by Crippen LogP contribution is 2.26. The zero-order valence-corrected chi connectivity index (χ0v) is 14.3. The van der Waals surface area contributed by atoms with Crippen molar-refractivity contribution in [2.24, 2.45) is 0 Å². The molecule has 0 aromatic heterocycles. The zero-order valence-electron chi connectivity index (χ0n) is 12.8. The quantitative estimate of drug-likeness (QED) is 0.887. The Morgan fingerprint density at radius 2 is 1.83 bits per heavy atom. The molecule has 2 aromatic carbocycles. The van der Waals surface area contributed by atoms with Crippen LogP contribution >= 0.6 is 23.2 Å². The van der Waals surface area contributed by atoms with Gasteiger partial charge in [-0.15, -0.1) is 0 Å². The van der Waals surface area contributed by atoms with Crippen molar-refractivity contribution >= 4 is 40.7 Å². The van der Waals surface area contributed by atoms with Crippen molar-refractivity contribution in [3.8, 4) is 0 Å². The fourth-order valence-electron chi connectivity index (χ4n) is 2.85. The molecular formula is C18H16Cl2N2O2. The standard InChI is InChI=1S/C18H16Cl2N2O2/c19-12-8-9-15(20)14(11-12)18(24)22-10-4-7-16(22)17(23)21-13-5-2-1-3-6-13/h1-3,5-6,8-9,11,16H,4,7,10H2,(H,21,23). The van der Waals surface area contributed by atoms with Crippen molar-refractivity contribution in [1.29, 1.82) is 0 Å². The van der Waals surface area contributed by atoms with Crippen molar-refractivity contribution in [2.45, 2.75) is 18.9 Å². The second kappa shape index (κ2) is 7.24. The minimum atomic E-state index is -0.507. The minimum absolute atomic E-state index is 0.190. The molecule has 4 nitrogen and oxygen atoms in total. The van der Waals surface area contributed by atoms with E-state index < -0.39 is 6.04 Å². The van der Waals surface area contributed by atoms with Crippen molar-refractivity contribution in [1.82, 2.24) is 4.90 Å². The highest BCUT2D eigenvalue weighted by Gasteiger charge is 2.35. The van der Waals surface area contributed by atoms with Crippen LogP contribution in [0.2, 0.25) is 10.0 Å². The van der Waals surface area contributed by atoms with Crippen molar-refractivity contribution in [2.75, 3.05) is 11.9 Å². The van der Waals surface area contributed by atoms with Gasteiger partial charge < -0.3 is 10.2 Å². The fraction of sp³-hybridized carbons (Fsp3) is 0.222. The third-order valence-corrected chi connectivity index (χ3v) is 4.58. The predicted molar refractivity (Wildman–Crippen MR) is 95.6 cm³/mol. The number of nitrogens with one attached hydrogen (secondary N) is 1. The molecule has 24 heavy (non-hydrogen) atoms. The van der Waals surface area contributed by atoms with Crippen molar-refractivity contribution < 1.29 is 9.59 Å². The topological polar surface area (TPSA) is 49.4 Å². The van der Waals surface area contributed by atoms with Gasteiger partial charge in [0.05, 0.1) is 10.6 Å². The summed E-state index contributed by atoms with van der Waals surface area (Å²) in [6.45, 7) is 0.522. The van der Waals surface area contributed by atoms with E-state index in [1.165, 1.54) is 6.07 Å². The molecule has 124 valence electrons. The van der Waals surface area contributed by atoms with E-state index in [2.05, 4.69) is 5.32 Å². The molecule has 1 aliphatic heterocycles. The van der Waals surface area contributed by atoms with E-state index in [1.807, 2.05) is 30.3 Å². The van der Waals surface area contributed by atoms with E-state index in [-0.39, 0.29) is 11.8 Å². The smallest absolute Gasteiger partial charge is 0.256 e. The number of nitrogens with zero attached hydrogens (tertiary/aromatic N) is 1. The molecule has 1 unspecified atom stereocenters. The molecule has 1 aliphatic rings. The van der Waals surface area contributed by atoms with Gasteiger partial charge in [-0.05, 0) is 43.2 Å². The molecule has 2 amide bonds. The van der Waals surface area contributed by atoms with Crippen LogP contribution in [0.3, 0.4) is 0 Å². The molecule has 2 aromatic rings. The number of anilines is 1. The average molecular weight is 363 g/mol. The normalized spacial score (nSPS) is 16.9. The lowest BCUT2D eigenvalue weighted by Crippen LogP contribution is -2.43. The van der Waals surface area contributed by atoms with Crippen LogP contribution in [0, 0.1) is 0 Å². The number of para-hydroxylation sites is 1. The summed E-state index contributed by atoms with van der Waals surface area (Å²) in [4.78, 5) is 26.9. The van der Waals surface area contributed by atoms with Gasteiger partial charge in [0.15, 0.2) is 0 Å². The van der Waals surface area contributed by atoms with Gasteiger partial charge in [-0.3, -0.25) is 9.59 Å². The number of carbonyl (C=O) groups excluding carboxylic acids is 2. The molecule has 1 saturated heterocycles. The van der Waals surface area contributed by atoms with Gasteiger partial charge in [0.25, 0.3) is 5.91 Å². The van der Waals surface area contributed by atoms with Gasteiger partial charge in [-0.1, -0.05) is 41.4 Å². The van der Waals surface area contributed by atoms with Crippen LogP contribution in [-0.2, 0) is 4.79 Å². The molecule has 0 saturated carbocycles. The number of benzene rings is 2. The third kappa shape index (κ3) is 3.55. The molecular weight excluding hydrogens is 347 g/mol. The molecule has 1 heterocycles. The molecule has 6 heteroatoms. The summed E-state index contributed by atoms with van der Waals surface area (Å²) in [6, 6.07) is 13.4. The molecule has 1 fully saturated rings. The summed E-state index contributed by atoms with van der Waals surface area (Å²) in [5, 5.41) is 3.62. The summed E-state index contributed by atoms with van der Waals surface area (Å²) < 4.78 is 0. The van der Waals surface area contributed by atoms with E-state index in [9.17, 15) is 9.59 Å². The summed E-state index contributed by atoms with van der Waals surface area (Å²) in [5.41, 5.74) is 1.03. The third-order valence-electron chi connectivity index (χ3n) is 4.02. The van der Waals surface area contributed by atoms with Crippen molar-refractivity contribution in [3.63, 3.8) is 0 Å². The number of rotatable bonds is 3. The van der Waals surface area contributed by atoms with E-state index in [0.29, 0.717) is 34.3 Å². The lowest BCUT2D eigenvalue weighted by molar-refractivity contribution is -0.119. The Labute approximate surface area is 150 Å². The van der Waals surface area contributed by atoms with Crippen LogP contribution in [0.4, 0.5) is 5.69 Å². The van der Waals surface area contributed by atoms with Crippen molar-refractivity contribution in [3.05, 3.63) is 64.1 Å². The molecule has 1 N–H and O–H groups in total. The van der Waals surface area contributed by atoms with Crippen LogP contribution < -0.4 is 5.32 Å². The van der Waals surface area contributed by atoms with Gasteiger partial charge in [-0.2, -0.15) is 0 Å². The Morgan fingerprint density at radius 1 is 1.08 bits per heavy atom. The van der Waals surface area contributed by atoms with Gasteiger partial charge in [-0.25, -0.2) is 0 Å². The Hall–Kier alpha value is -2.04. The number of amides is 2. The lowest BCUT2D eigenvalue weighted by atomic mass is 10.1. The Bertz CT molecular complexity index is 765. The van der Waals surface area contributed by atoms with Crippen LogP contribution in [0.1, 0.15) is 23.2 Å². The Kier molecular flexibility index (Phi) is 5.07. The maximum absolute atomic E-state index is 12.8. The molecule has 0 bridgehead atoms. The summed E-state index contributed by atoms with van der Waals surface area (Å²) in [5.74, 6) is -0.460. The largest absolute Gasteiger partial charge is 0.327 e. The second-order valence-corrected chi connectivity index (χ2v) is 6.48. The van der Waals surface area contributed by atoms with E-state index in [4.69, 9.17) is 23.2 Å². The van der Waals surface area contributed by atoms with Crippen LogP contribution in [0.5, 0.6) is 0 Å². The maximum atomic E-state index is 12.8. The van der Waals surface area contributed by atoms with E-state index in [0.717, 1.165) is 6.42 Å². The second-order valence-electron chi connectivity index (χ2n) is 5.64. The summed E-state index contributed by atoms with van der Waals surface area (Å²) >= 11 is 12.1. The van der Waals surface area contributed by atoms with Gasteiger partial charge in [0.2, 0.25) is 5.91 Å². The van der Waals surface area contributed by atoms with E-state index >= 15 is 0 Å². The van der Waals surface area contributed by atoms with Gasteiger partial charge in [0.1, 0.15) is 6.04 Å². The number of hydrogen-bond donors (Lipinski definition) is 1. The first kappa shape index (κ1) is 16.8. The molecule has 0 radical (unpaired) electrons. The van der Waals surface area contributed by atoms with Gasteiger partial charge in [0, 0.05) is 17.3 Å². The summed E-state index contributed by atoms with van der Waals surface area (Å²) in [7, 11) is 0. The van der Waals surface area contributed by atoms with Crippen LogP contribution in [0.25, 0.3) is 0 Å². The number of hydrogen-bond acceptors (Lipinski definition) is 2. The number of halogens is 2. The molecule has 1 atom stereocenters. The van der Waals surface area contributed by atoms with Crippen LogP contribution in [0.15, 0.2) is 48.5 Å². The minimum Gasteiger partial charge on any atom is -0.327 e. The number of likely N-dealkylation sites (tertiary alicyclic amines) is 1. The highest BCUT2D eigenvalue weighted by atomic mass is 35.5. The first-order valence-corrected chi connectivity index (χ1v) is 8.44. The predicted octanol–water partition coefficient (Wildman–Crippen LogP) is 4.24. The summed E-state index contributed by atoms with van der Waals surface area (Å²) in [6.07, 6.45) is 1.40. The average Bonchev–Trinajstić information content (AvgIpc) is 3.07. The Balaban J connectivity index is 1.78. The zero-order chi connectivity index (χ0) is 17.1. The molecule has 3 rings (SSSR count). The van der Waals surface area contributed by atoms with Crippen LogP contribution in [-0.4, -0.2) is 29.3 Å². The maximum Gasteiger partial charge on any atom is 0.256 e. The monoisotopic (exact) mass is 362 g/mol. The number of carbonyl (C=O) groups is 2. The molecule has 0 aliphatic carbocycles. The first-order valence-electron chi connectivity index (χ1n) is 7.68. The fourth-order valence-corrected chi connectivity index (χ4v) is 3.22. The SMILES string of the molecule is O=C(Nc1ccccc1)C1CCCN1C(=O)c1cc(Cl)ccc1Cl. The first-order chi connectivity index (χ1) is 11.6. The molecule has 0 spiro atoms. The Morgan fingerprint density at radius 3 is 2.58 bits per heavy atom. The highest BCUT2D eigenvalue weighted by molar-refractivity contribution is 6.35. The van der Waals surface area contributed by atoms with E-state index in [1.54, 1.807) is 17.0 Å². The van der Waals surface area contributed by atoms with Gasteiger partial charge >= 0.3 is 0 Å². The lowest BCUT2D eigenvalue weighted by Gasteiger charge is -2.24.